The van der Waals surface area contributed by atoms with Gasteiger partial charge in [0.2, 0.25) is 5.82 Å². The molecule has 0 radical (unpaired) electrons. The quantitative estimate of drug-likeness (QED) is 0.573. The van der Waals surface area contributed by atoms with Crippen LogP contribution in [0, 0.1) is 0 Å². The lowest BCUT2D eigenvalue weighted by Crippen LogP contribution is -2.05. The summed E-state index contributed by atoms with van der Waals surface area (Å²) in [4.78, 5) is 4.47. The van der Waals surface area contributed by atoms with Crippen LogP contribution in [0.15, 0.2) is 47.1 Å². The first-order chi connectivity index (χ1) is 12.1. The summed E-state index contributed by atoms with van der Waals surface area (Å²) in [6.45, 7) is 3.90. The molecule has 1 N–H and O–H groups in total. The van der Waals surface area contributed by atoms with Crippen LogP contribution in [0.3, 0.4) is 0 Å². The summed E-state index contributed by atoms with van der Waals surface area (Å²) in [5.41, 5.74) is 2.55. The topological polar surface area (TPSA) is 76.8 Å². The molecule has 0 unspecified atom stereocenters. The first-order valence-corrected chi connectivity index (χ1v) is 8.22. The standard InChI is InChI=1S/C18H15ClN4O2/c1-10(2)24-16-6-4-12(8-14(16)19)18-21-17(23-25-18)11-3-5-15-13(7-11)9-20-22-15/h3-10H,1-2H3,(H,20,22). The van der Waals surface area contributed by atoms with Gasteiger partial charge in [0.25, 0.3) is 5.89 Å². The molecule has 0 atom stereocenters. The number of fused-ring (bicyclic) bond motifs is 1. The van der Waals surface area contributed by atoms with Gasteiger partial charge in [0.15, 0.2) is 0 Å². The van der Waals surface area contributed by atoms with Gasteiger partial charge in [-0.25, -0.2) is 0 Å². The minimum atomic E-state index is 0.0520. The Morgan fingerprint density at radius 2 is 1.96 bits per heavy atom. The van der Waals surface area contributed by atoms with Crippen LogP contribution >= 0.6 is 11.6 Å². The largest absolute Gasteiger partial charge is 0.489 e. The number of rotatable bonds is 4. The van der Waals surface area contributed by atoms with E-state index in [9.17, 15) is 0 Å². The molecule has 7 heteroatoms. The summed E-state index contributed by atoms with van der Waals surface area (Å²) in [5.74, 6) is 1.54. The van der Waals surface area contributed by atoms with Crippen molar-refractivity contribution in [2.75, 3.05) is 0 Å². The van der Waals surface area contributed by atoms with E-state index >= 15 is 0 Å². The molecule has 2 aromatic heterocycles. The van der Waals surface area contributed by atoms with E-state index in [0.717, 1.165) is 22.0 Å². The predicted molar refractivity (Wildman–Crippen MR) is 95.6 cm³/mol. The van der Waals surface area contributed by atoms with Crippen LogP contribution < -0.4 is 4.74 Å². The Labute approximate surface area is 148 Å². The van der Waals surface area contributed by atoms with Crippen molar-refractivity contribution in [3.05, 3.63) is 47.6 Å². The van der Waals surface area contributed by atoms with E-state index in [2.05, 4.69) is 20.3 Å². The predicted octanol–water partition coefficient (Wildman–Crippen LogP) is 4.72. The molecule has 4 aromatic rings. The highest BCUT2D eigenvalue weighted by Gasteiger charge is 2.13. The van der Waals surface area contributed by atoms with Gasteiger partial charge in [0.1, 0.15) is 5.75 Å². The second-order valence-corrected chi connectivity index (χ2v) is 6.31. The van der Waals surface area contributed by atoms with Crippen LogP contribution in [0.25, 0.3) is 33.7 Å². The van der Waals surface area contributed by atoms with Crippen molar-refractivity contribution in [1.82, 2.24) is 20.3 Å². The molecular formula is C18H15ClN4O2. The molecule has 25 heavy (non-hydrogen) atoms. The van der Waals surface area contributed by atoms with Gasteiger partial charge in [-0.1, -0.05) is 16.8 Å². The molecule has 0 saturated carbocycles. The van der Waals surface area contributed by atoms with E-state index in [-0.39, 0.29) is 6.10 Å². The maximum absolute atomic E-state index is 6.27. The summed E-state index contributed by atoms with van der Waals surface area (Å²) >= 11 is 6.27. The molecule has 0 amide bonds. The summed E-state index contributed by atoms with van der Waals surface area (Å²) < 4.78 is 11.0. The number of hydrogen-bond donors (Lipinski definition) is 1. The molecule has 2 aromatic carbocycles. The van der Waals surface area contributed by atoms with Crippen molar-refractivity contribution in [3.8, 4) is 28.6 Å². The minimum Gasteiger partial charge on any atom is -0.489 e. The van der Waals surface area contributed by atoms with E-state index in [4.69, 9.17) is 20.9 Å². The molecule has 2 heterocycles. The van der Waals surface area contributed by atoms with E-state index in [0.29, 0.717) is 22.5 Å². The highest BCUT2D eigenvalue weighted by Crippen LogP contribution is 2.31. The maximum atomic E-state index is 6.27. The van der Waals surface area contributed by atoms with Crippen molar-refractivity contribution in [3.63, 3.8) is 0 Å². The molecule has 0 fully saturated rings. The molecule has 0 saturated heterocycles. The van der Waals surface area contributed by atoms with Crippen molar-refractivity contribution in [2.45, 2.75) is 20.0 Å². The fraction of sp³-hybridized carbons (Fsp3) is 0.167. The van der Waals surface area contributed by atoms with Crippen LogP contribution in [0.4, 0.5) is 0 Å². The Morgan fingerprint density at radius 1 is 1.12 bits per heavy atom. The van der Waals surface area contributed by atoms with Gasteiger partial charge in [0.05, 0.1) is 22.8 Å². The highest BCUT2D eigenvalue weighted by molar-refractivity contribution is 6.32. The Kier molecular flexibility index (Phi) is 3.89. The SMILES string of the molecule is CC(C)Oc1ccc(-c2nc(-c3ccc4[nH]ncc4c3)no2)cc1Cl. The third-order valence-corrected chi connectivity index (χ3v) is 3.96. The van der Waals surface area contributed by atoms with Crippen LogP contribution in [-0.4, -0.2) is 26.4 Å². The zero-order valence-corrected chi connectivity index (χ0v) is 14.4. The highest BCUT2D eigenvalue weighted by atomic mass is 35.5. The van der Waals surface area contributed by atoms with Crippen LogP contribution in [0.5, 0.6) is 5.75 Å². The van der Waals surface area contributed by atoms with Crippen molar-refractivity contribution in [1.29, 1.82) is 0 Å². The minimum absolute atomic E-state index is 0.0520. The summed E-state index contributed by atoms with van der Waals surface area (Å²) in [6.07, 6.45) is 1.81. The number of H-pyrrole nitrogens is 1. The Balaban J connectivity index is 1.65. The van der Waals surface area contributed by atoms with Gasteiger partial charge >= 0.3 is 0 Å². The molecule has 0 aliphatic heterocycles. The fourth-order valence-electron chi connectivity index (χ4n) is 2.52. The second-order valence-electron chi connectivity index (χ2n) is 5.91. The monoisotopic (exact) mass is 354 g/mol. The fourth-order valence-corrected chi connectivity index (χ4v) is 2.75. The van der Waals surface area contributed by atoms with Crippen LogP contribution in [0.2, 0.25) is 5.02 Å². The number of benzene rings is 2. The van der Waals surface area contributed by atoms with E-state index in [1.807, 2.05) is 38.1 Å². The van der Waals surface area contributed by atoms with Crippen molar-refractivity contribution < 1.29 is 9.26 Å². The Morgan fingerprint density at radius 3 is 2.76 bits per heavy atom. The summed E-state index contributed by atoms with van der Waals surface area (Å²) in [6, 6.07) is 11.2. The Bertz CT molecular complexity index is 1040. The average molecular weight is 355 g/mol. The molecule has 0 bridgehead atoms. The third kappa shape index (κ3) is 3.08. The molecule has 4 rings (SSSR count). The summed E-state index contributed by atoms with van der Waals surface area (Å²) in [7, 11) is 0. The number of nitrogens with one attached hydrogen (secondary N) is 1. The number of ether oxygens (including phenoxy) is 1. The number of halogens is 1. The lowest BCUT2D eigenvalue weighted by molar-refractivity contribution is 0.242. The smallest absolute Gasteiger partial charge is 0.258 e. The number of hydrogen-bond acceptors (Lipinski definition) is 5. The van der Waals surface area contributed by atoms with Gasteiger partial charge in [-0.15, -0.1) is 0 Å². The first-order valence-electron chi connectivity index (χ1n) is 7.84. The lowest BCUT2D eigenvalue weighted by atomic mass is 10.1. The zero-order valence-electron chi connectivity index (χ0n) is 13.7. The second kappa shape index (κ2) is 6.22. The van der Waals surface area contributed by atoms with Gasteiger partial charge < -0.3 is 9.26 Å². The van der Waals surface area contributed by atoms with Gasteiger partial charge in [-0.3, -0.25) is 5.10 Å². The average Bonchev–Trinajstić information content (AvgIpc) is 3.24. The molecular weight excluding hydrogens is 340 g/mol. The van der Waals surface area contributed by atoms with Gasteiger partial charge in [0, 0.05) is 16.5 Å². The van der Waals surface area contributed by atoms with E-state index < -0.39 is 0 Å². The van der Waals surface area contributed by atoms with Crippen LogP contribution in [-0.2, 0) is 0 Å². The molecule has 0 aliphatic rings. The maximum Gasteiger partial charge on any atom is 0.258 e. The number of aromatic amines is 1. The van der Waals surface area contributed by atoms with Crippen LogP contribution in [0.1, 0.15) is 13.8 Å². The van der Waals surface area contributed by atoms with Crippen molar-refractivity contribution in [2.24, 2.45) is 0 Å². The normalized spacial score (nSPS) is 11.4. The lowest BCUT2D eigenvalue weighted by Gasteiger charge is -2.11. The molecule has 0 aliphatic carbocycles. The zero-order chi connectivity index (χ0) is 17.4. The number of nitrogens with zero attached hydrogens (tertiary/aromatic N) is 3. The van der Waals surface area contributed by atoms with Gasteiger partial charge in [-0.05, 0) is 50.2 Å². The number of aromatic nitrogens is 4. The van der Waals surface area contributed by atoms with E-state index in [1.54, 1.807) is 18.3 Å². The third-order valence-electron chi connectivity index (χ3n) is 3.67. The molecule has 0 spiro atoms. The summed E-state index contributed by atoms with van der Waals surface area (Å²) in [5, 5.41) is 12.5. The van der Waals surface area contributed by atoms with Crippen molar-refractivity contribution >= 4 is 22.5 Å². The molecule has 126 valence electrons. The first kappa shape index (κ1) is 15.7. The van der Waals surface area contributed by atoms with Gasteiger partial charge in [-0.2, -0.15) is 10.1 Å². The molecule has 6 nitrogen and oxygen atoms in total. The van der Waals surface area contributed by atoms with E-state index in [1.165, 1.54) is 0 Å². The Hall–Kier alpha value is -2.86.